The highest BCUT2D eigenvalue weighted by Crippen LogP contribution is 2.36. The van der Waals surface area contributed by atoms with Crippen LogP contribution in [-0.2, 0) is 0 Å². The summed E-state index contributed by atoms with van der Waals surface area (Å²) >= 11 is 1.23. The first-order chi connectivity index (χ1) is 15.9. The molecule has 3 heterocycles. The maximum atomic E-state index is 13.0. The first-order valence-corrected chi connectivity index (χ1v) is 11.5. The molecule has 168 valence electrons. The number of Topliss-reactive ketones (excluding diaryl/α,β-unsaturated/α-hetero) is 1. The lowest BCUT2D eigenvalue weighted by atomic mass is 10.1. The van der Waals surface area contributed by atoms with Gasteiger partial charge in [0.15, 0.2) is 17.3 Å². The summed E-state index contributed by atoms with van der Waals surface area (Å²) in [5, 5.41) is 8.53. The van der Waals surface area contributed by atoms with Gasteiger partial charge in [-0.15, -0.1) is 10.2 Å². The fraction of sp³-hybridized carbons (Fsp3) is 0.240. The van der Waals surface area contributed by atoms with Gasteiger partial charge in [0, 0.05) is 28.2 Å². The number of carbonyl (C=O) groups is 1. The van der Waals surface area contributed by atoms with Gasteiger partial charge in [0.05, 0.1) is 5.75 Å². The minimum atomic E-state index is 0.0200. The number of rotatable bonds is 6. The number of aromatic nitrogens is 3. The van der Waals surface area contributed by atoms with Gasteiger partial charge < -0.3 is 18.5 Å². The second-order valence-corrected chi connectivity index (χ2v) is 9.05. The summed E-state index contributed by atoms with van der Waals surface area (Å²) < 4.78 is 18.6. The van der Waals surface area contributed by atoms with Crippen molar-refractivity contribution in [1.82, 2.24) is 14.8 Å². The van der Waals surface area contributed by atoms with Crippen LogP contribution in [0.25, 0.3) is 17.1 Å². The summed E-state index contributed by atoms with van der Waals surface area (Å²) in [6, 6.07) is 13.8. The van der Waals surface area contributed by atoms with E-state index in [4.69, 9.17) is 13.9 Å². The van der Waals surface area contributed by atoms with Gasteiger partial charge in [-0.05, 0) is 75.2 Å². The van der Waals surface area contributed by atoms with Crippen molar-refractivity contribution >= 4 is 17.5 Å². The molecule has 0 saturated carbocycles. The number of hydrogen-bond acceptors (Lipinski definition) is 7. The van der Waals surface area contributed by atoms with Crippen LogP contribution in [0, 0.1) is 27.7 Å². The van der Waals surface area contributed by atoms with Crippen LogP contribution >= 0.6 is 11.8 Å². The third kappa shape index (κ3) is 4.14. The highest BCUT2D eigenvalue weighted by Gasteiger charge is 2.20. The number of aryl methyl sites for hydroxylation is 3. The van der Waals surface area contributed by atoms with E-state index in [2.05, 4.69) is 46.8 Å². The number of benzene rings is 2. The predicted octanol–water partition coefficient (Wildman–Crippen LogP) is 5.46. The molecule has 0 amide bonds. The topological polar surface area (TPSA) is 79.4 Å². The van der Waals surface area contributed by atoms with Crippen LogP contribution in [0.15, 0.2) is 52.1 Å². The Morgan fingerprint density at radius 2 is 1.73 bits per heavy atom. The average Bonchev–Trinajstić information content (AvgIpc) is 3.49. The molecule has 5 rings (SSSR count). The fourth-order valence-corrected chi connectivity index (χ4v) is 4.79. The lowest BCUT2D eigenvalue weighted by molar-refractivity contribution is 0.102. The summed E-state index contributed by atoms with van der Waals surface area (Å²) in [6.45, 7) is 8.36. The zero-order chi connectivity index (χ0) is 23.1. The maximum Gasteiger partial charge on any atom is 0.277 e. The third-order valence-electron chi connectivity index (χ3n) is 5.55. The molecule has 0 saturated heterocycles. The van der Waals surface area contributed by atoms with Gasteiger partial charge in [-0.25, -0.2) is 0 Å². The number of hydrogen-bond donors (Lipinski definition) is 0. The van der Waals surface area contributed by atoms with Gasteiger partial charge in [-0.3, -0.25) is 4.79 Å². The lowest BCUT2D eigenvalue weighted by Gasteiger charge is -2.12. The molecule has 2 aromatic heterocycles. The van der Waals surface area contributed by atoms with Crippen LogP contribution in [0.1, 0.15) is 32.9 Å². The zero-order valence-corrected chi connectivity index (χ0v) is 19.7. The summed E-state index contributed by atoms with van der Waals surface area (Å²) in [5.74, 6) is 1.94. The van der Waals surface area contributed by atoms with Crippen LogP contribution in [0.2, 0.25) is 0 Å². The molecular formula is C25H23N3O4S. The number of thioether (sulfide) groups is 1. The molecular weight excluding hydrogens is 438 g/mol. The summed E-state index contributed by atoms with van der Waals surface area (Å²) in [6.07, 6.45) is 0. The summed E-state index contributed by atoms with van der Waals surface area (Å²) in [7, 11) is 0. The first-order valence-electron chi connectivity index (χ1n) is 10.6. The maximum absolute atomic E-state index is 13.0. The van der Waals surface area contributed by atoms with Gasteiger partial charge in [0.25, 0.3) is 5.22 Å². The van der Waals surface area contributed by atoms with Crippen molar-refractivity contribution in [3.05, 3.63) is 70.5 Å². The van der Waals surface area contributed by atoms with E-state index in [1.165, 1.54) is 22.9 Å². The highest BCUT2D eigenvalue weighted by molar-refractivity contribution is 7.99. The molecule has 4 aromatic rings. The molecule has 1 aliphatic rings. The van der Waals surface area contributed by atoms with Crippen LogP contribution in [0.4, 0.5) is 0 Å². The SMILES string of the molecule is Cc1cc(C)cc(-n2c(C)cc(C(=O)CSc3nnc(-c4ccc5c(c4)OCO5)o3)c2C)c1. The Morgan fingerprint density at radius 1 is 0.970 bits per heavy atom. The minimum absolute atomic E-state index is 0.0200. The quantitative estimate of drug-likeness (QED) is 0.278. The molecule has 0 atom stereocenters. The summed E-state index contributed by atoms with van der Waals surface area (Å²) in [4.78, 5) is 13.0. The zero-order valence-electron chi connectivity index (χ0n) is 18.8. The van der Waals surface area contributed by atoms with Crippen LogP contribution in [-0.4, -0.2) is 33.1 Å². The Balaban J connectivity index is 1.31. The molecule has 0 spiro atoms. The van der Waals surface area contributed by atoms with E-state index in [1.54, 1.807) is 6.07 Å². The van der Waals surface area contributed by atoms with Crippen molar-refractivity contribution in [3.63, 3.8) is 0 Å². The average molecular weight is 462 g/mol. The number of nitrogens with zero attached hydrogens (tertiary/aromatic N) is 3. The van der Waals surface area contributed by atoms with Gasteiger partial charge in [0.2, 0.25) is 12.7 Å². The Labute approximate surface area is 195 Å². The van der Waals surface area contributed by atoms with E-state index >= 15 is 0 Å². The molecule has 0 unspecified atom stereocenters. The molecule has 0 N–H and O–H groups in total. The van der Waals surface area contributed by atoms with Crippen molar-refractivity contribution in [2.75, 3.05) is 12.5 Å². The van der Waals surface area contributed by atoms with Crippen LogP contribution in [0.3, 0.4) is 0 Å². The molecule has 7 nitrogen and oxygen atoms in total. The normalized spacial score (nSPS) is 12.4. The van der Waals surface area contributed by atoms with E-state index in [0.29, 0.717) is 28.2 Å². The van der Waals surface area contributed by atoms with E-state index < -0.39 is 0 Å². The Hall–Kier alpha value is -3.52. The Morgan fingerprint density at radius 3 is 2.52 bits per heavy atom. The third-order valence-corrected chi connectivity index (χ3v) is 6.37. The smallest absolute Gasteiger partial charge is 0.277 e. The Bertz CT molecular complexity index is 1350. The fourth-order valence-electron chi connectivity index (χ4n) is 4.14. The van der Waals surface area contributed by atoms with E-state index in [1.807, 2.05) is 32.0 Å². The molecule has 1 aliphatic heterocycles. The molecule has 0 bridgehead atoms. The van der Waals surface area contributed by atoms with Crippen molar-refractivity contribution < 1.29 is 18.7 Å². The van der Waals surface area contributed by atoms with Crippen molar-refractivity contribution in [2.45, 2.75) is 32.9 Å². The van der Waals surface area contributed by atoms with Crippen molar-refractivity contribution in [1.29, 1.82) is 0 Å². The van der Waals surface area contributed by atoms with Crippen molar-refractivity contribution in [3.8, 4) is 28.6 Å². The molecule has 8 heteroatoms. The lowest BCUT2D eigenvalue weighted by Crippen LogP contribution is -2.06. The highest BCUT2D eigenvalue weighted by atomic mass is 32.2. The standard InChI is InChI=1S/C25H23N3O4S/c1-14-7-15(2)9-19(8-14)28-16(3)10-20(17(28)4)21(29)12-33-25-27-26-24(32-25)18-5-6-22-23(11-18)31-13-30-22/h5-11H,12-13H2,1-4H3. The minimum Gasteiger partial charge on any atom is -0.454 e. The van der Waals surface area contributed by atoms with E-state index in [-0.39, 0.29) is 18.3 Å². The van der Waals surface area contributed by atoms with E-state index in [9.17, 15) is 4.79 Å². The first kappa shape index (κ1) is 21.3. The number of fused-ring (bicyclic) bond motifs is 1. The second kappa shape index (κ2) is 8.44. The van der Waals surface area contributed by atoms with Gasteiger partial charge in [-0.1, -0.05) is 17.8 Å². The van der Waals surface area contributed by atoms with Crippen molar-refractivity contribution in [2.24, 2.45) is 0 Å². The largest absolute Gasteiger partial charge is 0.454 e. The van der Waals surface area contributed by atoms with Gasteiger partial charge in [0.1, 0.15) is 0 Å². The molecule has 0 fully saturated rings. The van der Waals surface area contributed by atoms with Gasteiger partial charge >= 0.3 is 0 Å². The molecule has 0 radical (unpaired) electrons. The monoisotopic (exact) mass is 461 g/mol. The van der Waals surface area contributed by atoms with Gasteiger partial charge in [-0.2, -0.15) is 0 Å². The molecule has 2 aromatic carbocycles. The van der Waals surface area contributed by atoms with Crippen LogP contribution < -0.4 is 9.47 Å². The molecule has 33 heavy (non-hydrogen) atoms. The number of ether oxygens (including phenoxy) is 2. The Kier molecular flexibility index (Phi) is 5.46. The molecule has 0 aliphatic carbocycles. The van der Waals surface area contributed by atoms with Crippen LogP contribution in [0.5, 0.6) is 11.5 Å². The second-order valence-electron chi connectivity index (χ2n) is 8.12. The number of ketones is 1. The number of carbonyl (C=O) groups excluding carboxylic acids is 1. The summed E-state index contributed by atoms with van der Waals surface area (Å²) in [5.41, 5.74) is 6.84. The van der Waals surface area contributed by atoms with E-state index in [0.717, 1.165) is 22.6 Å². The predicted molar refractivity (Wildman–Crippen MR) is 126 cm³/mol.